The highest BCUT2D eigenvalue weighted by molar-refractivity contribution is 4.96. The molecular weight excluding hydrogens is 170 g/mol. The van der Waals surface area contributed by atoms with Crippen molar-refractivity contribution in [1.29, 1.82) is 0 Å². The Bertz CT molecular complexity index is 189. The molecule has 0 aromatic rings. The van der Waals surface area contributed by atoms with Gasteiger partial charge in [-0.05, 0) is 25.2 Å². The summed E-state index contributed by atoms with van der Waals surface area (Å²) in [4.78, 5) is 0. The smallest absolute Gasteiger partial charge is 0.0106 e. The van der Waals surface area contributed by atoms with Crippen LogP contribution >= 0.6 is 0 Å². The third kappa shape index (κ3) is 9.27. The molecule has 80 valence electrons. The van der Waals surface area contributed by atoms with Crippen LogP contribution in [0, 0.1) is 5.92 Å². The summed E-state index contributed by atoms with van der Waals surface area (Å²) in [6, 6.07) is 0. The Morgan fingerprint density at radius 2 is 1.79 bits per heavy atom. The highest BCUT2D eigenvalue weighted by Crippen LogP contribution is 2.05. The third-order valence-electron chi connectivity index (χ3n) is 1.95. The molecule has 0 aliphatic heterocycles. The van der Waals surface area contributed by atoms with Crippen LogP contribution in [0.5, 0.6) is 0 Å². The SMILES string of the molecule is CCC=CC(C)CC=CCC=CCN. The first kappa shape index (κ1) is 13.2. The fourth-order valence-electron chi connectivity index (χ4n) is 1.13. The lowest BCUT2D eigenvalue weighted by Gasteiger charge is -1.99. The molecule has 1 atom stereocenters. The predicted octanol–water partition coefficient (Wildman–Crippen LogP) is 3.44. The van der Waals surface area contributed by atoms with Crippen molar-refractivity contribution in [2.45, 2.75) is 33.1 Å². The molecule has 1 unspecified atom stereocenters. The van der Waals surface area contributed by atoms with Crippen molar-refractivity contribution >= 4 is 0 Å². The second-order valence-electron chi connectivity index (χ2n) is 3.46. The molecule has 14 heavy (non-hydrogen) atoms. The summed E-state index contributed by atoms with van der Waals surface area (Å²) in [6.45, 7) is 5.05. The highest BCUT2D eigenvalue weighted by Gasteiger charge is 1.90. The molecule has 0 radical (unpaired) electrons. The summed E-state index contributed by atoms with van der Waals surface area (Å²) in [5, 5.41) is 0. The Balaban J connectivity index is 3.50. The van der Waals surface area contributed by atoms with Gasteiger partial charge in [-0.15, -0.1) is 0 Å². The zero-order valence-electron chi connectivity index (χ0n) is 9.45. The van der Waals surface area contributed by atoms with E-state index in [1.54, 1.807) is 0 Å². The summed E-state index contributed by atoms with van der Waals surface area (Å²) >= 11 is 0. The Hall–Kier alpha value is -0.820. The van der Waals surface area contributed by atoms with E-state index in [1.807, 2.05) is 6.08 Å². The minimum Gasteiger partial charge on any atom is -0.327 e. The molecule has 0 aliphatic carbocycles. The number of hydrogen-bond acceptors (Lipinski definition) is 1. The lowest BCUT2D eigenvalue weighted by atomic mass is 10.1. The second kappa shape index (κ2) is 10.3. The van der Waals surface area contributed by atoms with Gasteiger partial charge in [0.1, 0.15) is 0 Å². The van der Waals surface area contributed by atoms with Gasteiger partial charge in [0.25, 0.3) is 0 Å². The van der Waals surface area contributed by atoms with Crippen molar-refractivity contribution in [1.82, 2.24) is 0 Å². The summed E-state index contributed by atoms with van der Waals surface area (Å²) < 4.78 is 0. The lowest BCUT2D eigenvalue weighted by Crippen LogP contribution is -1.91. The van der Waals surface area contributed by atoms with Crippen LogP contribution in [0.15, 0.2) is 36.5 Å². The minimum absolute atomic E-state index is 0.642. The molecule has 0 rings (SSSR count). The van der Waals surface area contributed by atoms with Crippen molar-refractivity contribution in [3.63, 3.8) is 0 Å². The second-order valence-corrected chi connectivity index (χ2v) is 3.46. The molecule has 0 aromatic heterocycles. The predicted molar refractivity (Wildman–Crippen MR) is 65.2 cm³/mol. The minimum atomic E-state index is 0.642. The average Bonchev–Trinajstić information content (AvgIpc) is 2.20. The van der Waals surface area contributed by atoms with Gasteiger partial charge >= 0.3 is 0 Å². The first-order valence-electron chi connectivity index (χ1n) is 5.48. The molecule has 0 fully saturated rings. The zero-order chi connectivity index (χ0) is 10.6. The summed E-state index contributed by atoms with van der Waals surface area (Å²) in [6.07, 6.45) is 16.3. The first-order chi connectivity index (χ1) is 6.81. The molecule has 0 bridgehead atoms. The molecule has 1 heteroatoms. The molecule has 0 amide bonds. The van der Waals surface area contributed by atoms with Crippen LogP contribution in [-0.2, 0) is 0 Å². The van der Waals surface area contributed by atoms with Gasteiger partial charge in [0.05, 0.1) is 0 Å². The van der Waals surface area contributed by atoms with Gasteiger partial charge in [-0.1, -0.05) is 50.3 Å². The van der Waals surface area contributed by atoms with Crippen LogP contribution in [-0.4, -0.2) is 6.54 Å². The van der Waals surface area contributed by atoms with Crippen LogP contribution in [0.1, 0.15) is 33.1 Å². The van der Waals surface area contributed by atoms with E-state index in [0.717, 1.165) is 19.3 Å². The Morgan fingerprint density at radius 1 is 1.07 bits per heavy atom. The first-order valence-corrected chi connectivity index (χ1v) is 5.48. The van der Waals surface area contributed by atoms with Gasteiger partial charge in [-0.2, -0.15) is 0 Å². The molecule has 0 heterocycles. The van der Waals surface area contributed by atoms with Gasteiger partial charge < -0.3 is 5.73 Å². The number of allylic oxidation sites excluding steroid dienone is 5. The number of rotatable bonds is 7. The number of nitrogens with two attached hydrogens (primary N) is 1. The fraction of sp³-hybridized carbons (Fsp3) is 0.538. The Morgan fingerprint density at radius 3 is 2.43 bits per heavy atom. The van der Waals surface area contributed by atoms with Crippen molar-refractivity contribution in [3.8, 4) is 0 Å². The molecular formula is C13H23N. The Labute approximate surface area is 88.4 Å². The maximum atomic E-state index is 5.33. The topological polar surface area (TPSA) is 26.0 Å². The van der Waals surface area contributed by atoms with E-state index in [9.17, 15) is 0 Å². The maximum absolute atomic E-state index is 5.33. The summed E-state index contributed by atoms with van der Waals surface area (Å²) in [5.74, 6) is 0.657. The normalized spacial score (nSPS) is 14.8. The lowest BCUT2D eigenvalue weighted by molar-refractivity contribution is 0.739. The maximum Gasteiger partial charge on any atom is 0.0106 e. The average molecular weight is 193 g/mol. The van der Waals surface area contributed by atoms with E-state index in [2.05, 4.69) is 44.2 Å². The van der Waals surface area contributed by atoms with E-state index in [4.69, 9.17) is 5.73 Å². The molecule has 0 saturated carbocycles. The van der Waals surface area contributed by atoms with Crippen molar-refractivity contribution in [2.75, 3.05) is 6.54 Å². The van der Waals surface area contributed by atoms with Gasteiger partial charge in [-0.3, -0.25) is 0 Å². The van der Waals surface area contributed by atoms with Gasteiger partial charge in [0, 0.05) is 6.54 Å². The van der Waals surface area contributed by atoms with Crippen molar-refractivity contribution in [2.24, 2.45) is 11.7 Å². The fourth-order valence-corrected chi connectivity index (χ4v) is 1.13. The monoisotopic (exact) mass is 193 g/mol. The molecule has 0 saturated heterocycles. The number of hydrogen-bond donors (Lipinski definition) is 1. The molecule has 1 nitrogen and oxygen atoms in total. The van der Waals surface area contributed by atoms with Crippen LogP contribution in [0.25, 0.3) is 0 Å². The van der Waals surface area contributed by atoms with E-state index >= 15 is 0 Å². The van der Waals surface area contributed by atoms with Gasteiger partial charge in [0.15, 0.2) is 0 Å². The van der Waals surface area contributed by atoms with Crippen molar-refractivity contribution in [3.05, 3.63) is 36.5 Å². The van der Waals surface area contributed by atoms with Crippen LogP contribution in [0.3, 0.4) is 0 Å². The molecule has 0 aliphatic rings. The molecule has 0 spiro atoms. The van der Waals surface area contributed by atoms with Crippen molar-refractivity contribution < 1.29 is 0 Å². The van der Waals surface area contributed by atoms with Crippen LogP contribution in [0.2, 0.25) is 0 Å². The van der Waals surface area contributed by atoms with Gasteiger partial charge in [0.2, 0.25) is 0 Å². The van der Waals surface area contributed by atoms with Crippen LogP contribution in [0.4, 0.5) is 0 Å². The zero-order valence-corrected chi connectivity index (χ0v) is 9.45. The van der Waals surface area contributed by atoms with Gasteiger partial charge in [-0.25, -0.2) is 0 Å². The standard InChI is InChI=1S/C13H23N/c1-3-4-10-13(2)11-8-6-5-7-9-12-14/h4,6-10,13H,3,5,11-12,14H2,1-2H3. The quantitative estimate of drug-likeness (QED) is 0.616. The molecule has 2 N–H and O–H groups in total. The van der Waals surface area contributed by atoms with E-state index in [-0.39, 0.29) is 0 Å². The van der Waals surface area contributed by atoms with E-state index in [0.29, 0.717) is 12.5 Å². The summed E-state index contributed by atoms with van der Waals surface area (Å²) in [5.41, 5.74) is 5.33. The third-order valence-corrected chi connectivity index (χ3v) is 1.95. The molecule has 0 aromatic carbocycles. The van der Waals surface area contributed by atoms with E-state index in [1.165, 1.54) is 0 Å². The summed E-state index contributed by atoms with van der Waals surface area (Å²) in [7, 11) is 0. The van der Waals surface area contributed by atoms with E-state index < -0.39 is 0 Å². The Kier molecular flexibility index (Phi) is 9.66. The highest BCUT2D eigenvalue weighted by atomic mass is 14.5. The largest absolute Gasteiger partial charge is 0.327 e. The van der Waals surface area contributed by atoms with Crippen LogP contribution < -0.4 is 5.73 Å².